The van der Waals surface area contributed by atoms with Gasteiger partial charge in [0.1, 0.15) is 0 Å². The number of amides is 4. The van der Waals surface area contributed by atoms with Crippen LogP contribution in [-0.4, -0.2) is 58.1 Å². The zero-order valence-electron chi connectivity index (χ0n) is 23.5. The van der Waals surface area contributed by atoms with Gasteiger partial charge in [0.15, 0.2) is 0 Å². The maximum absolute atomic E-state index is 13.5. The molecule has 1 aliphatic heterocycles. The Kier molecular flexibility index (Phi) is 7.94. The van der Waals surface area contributed by atoms with Crippen LogP contribution in [0.4, 0.5) is 10.5 Å². The largest absolute Gasteiger partial charge is 0.351 e. The average molecular weight is 556 g/mol. The number of nitrogens with two attached hydrogens (primary N) is 1. The number of nitrogens with one attached hydrogen (secondary N) is 3. The van der Waals surface area contributed by atoms with Crippen molar-refractivity contribution in [2.24, 2.45) is 5.73 Å². The van der Waals surface area contributed by atoms with Gasteiger partial charge in [-0.1, -0.05) is 56.2 Å². The Hall–Kier alpha value is -4.44. The summed E-state index contributed by atoms with van der Waals surface area (Å²) in [6, 6.07) is 16.2. The van der Waals surface area contributed by atoms with Gasteiger partial charge < -0.3 is 21.3 Å². The molecule has 1 aromatic heterocycles. The molecule has 1 aliphatic carbocycles. The number of aromatic nitrogens is 2. The quantitative estimate of drug-likeness (QED) is 0.246. The molecule has 0 radical (unpaired) electrons. The van der Waals surface area contributed by atoms with Gasteiger partial charge in [-0.3, -0.25) is 19.6 Å². The summed E-state index contributed by atoms with van der Waals surface area (Å²) in [6.07, 6.45) is 5.58. The molecule has 0 saturated heterocycles. The summed E-state index contributed by atoms with van der Waals surface area (Å²) in [5.74, 6) is -0.923. The number of hydrogen-bond donors (Lipinski definition) is 4. The van der Waals surface area contributed by atoms with Crippen LogP contribution in [0.2, 0.25) is 0 Å². The summed E-state index contributed by atoms with van der Waals surface area (Å²) >= 11 is 0. The number of H-pyrrole nitrogens is 1. The Labute approximate surface area is 240 Å². The van der Waals surface area contributed by atoms with E-state index in [2.05, 4.69) is 22.3 Å². The van der Waals surface area contributed by atoms with E-state index >= 15 is 0 Å². The zero-order valence-corrected chi connectivity index (χ0v) is 23.5. The van der Waals surface area contributed by atoms with Crippen LogP contribution in [0, 0.1) is 0 Å². The lowest BCUT2D eigenvalue weighted by Gasteiger charge is -2.40. The van der Waals surface area contributed by atoms with Crippen LogP contribution < -0.4 is 16.4 Å². The van der Waals surface area contributed by atoms with Gasteiger partial charge in [0.05, 0.1) is 35.6 Å². The van der Waals surface area contributed by atoms with Crippen LogP contribution in [0.3, 0.4) is 0 Å². The van der Waals surface area contributed by atoms with E-state index in [1.807, 2.05) is 49.3 Å². The molecule has 5 rings (SSSR count). The van der Waals surface area contributed by atoms with Crippen molar-refractivity contribution >= 4 is 23.5 Å². The first-order valence-corrected chi connectivity index (χ1v) is 14.0. The molecule has 2 aromatic carbocycles. The monoisotopic (exact) mass is 555 g/mol. The Morgan fingerprint density at radius 3 is 2.37 bits per heavy atom. The van der Waals surface area contributed by atoms with Crippen molar-refractivity contribution in [3.63, 3.8) is 0 Å². The number of nitrogens with zero attached hydrogens (tertiary/aromatic N) is 3. The van der Waals surface area contributed by atoms with E-state index in [4.69, 9.17) is 10.8 Å². The van der Waals surface area contributed by atoms with E-state index < -0.39 is 17.7 Å². The highest BCUT2D eigenvalue weighted by atomic mass is 16.2. The number of carbonyl (C=O) groups is 3. The van der Waals surface area contributed by atoms with Crippen LogP contribution >= 0.6 is 0 Å². The fourth-order valence-electron chi connectivity index (χ4n) is 6.35. The van der Waals surface area contributed by atoms with Crippen LogP contribution in [-0.2, 0) is 16.9 Å². The highest BCUT2D eigenvalue weighted by molar-refractivity contribution is 5.99. The van der Waals surface area contributed by atoms with Gasteiger partial charge in [0, 0.05) is 16.8 Å². The predicted molar refractivity (Wildman–Crippen MR) is 157 cm³/mol. The molecular formula is C31H37N7O3. The molecule has 4 amide bonds. The lowest BCUT2D eigenvalue weighted by atomic mass is 9.78. The van der Waals surface area contributed by atoms with Gasteiger partial charge in [0.2, 0.25) is 5.91 Å². The second-order valence-corrected chi connectivity index (χ2v) is 11.0. The van der Waals surface area contributed by atoms with Crippen LogP contribution in [0.15, 0.2) is 67.3 Å². The van der Waals surface area contributed by atoms with Gasteiger partial charge >= 0.3 is 6.03 Å². The summed E-state index contributed by atoms with van der Waals surface area (Å²) in [7, 11) is 3.83. The third kappa shape index (κ3) is 5.35. The van der Waals surface area contributed by atoms with Crippen LogP contribution in [0.5, 0.6) is 0 Å². The number of benzene rings is 2. The summed E-state index contributed by atoms with van der Waals surface area (Å²) in [6.45, 7) is 3.84. The van der Waals surface area contributed by atoms with Crippen molar-refractivity contribution in [2.75, 3.05) is 19.4 Å². The molecule has 1 spiro atoms. The molecule has 2 aliphatic rings. The highest BCUT2D eigenvalue weighted by Crippen LogP contribution is 2.50. The summed E-state index contributed by atoms with van der Waals surface area (Å²) in [5.41, 5.74) is 10.2. The fraction of sp³-hybridized carbons (Fsp3) is 0.355. The third-order valence-corrected chi connectivity index (χ3v) is 8.35. The summed E-state index contributed by atoms with van der Waals surface area (Å²) in [4.78, 5) is 41.6. The first-order valence-electron chi connectivity index (χ1n) is 14.0. The molecule has 10 nitrogen and oxygen atoms in total. The fourth-order valence-corrected chi connectivity index (χ4v) is 6.35. The Bertz CT molecular complexity index is 1430. The standard InChI is InChI=1S/C31H37N7O3/c1-4-24(39)33-22-15-13-21(14-16-22)29(40)34-28(37(2)3)25(20-11-7-5-8-12-20)26-23-19-38(30(32)41)31(27(23)36-35-26)17-9-6-10-18-31/h4-5,7-8,11-16,25,28H,1,6,9-10,17-19H2,2-3H3,(H2,32,41)(H,33,39)(H,34,40)(H,35,36)/t25-,28+/m1/s1. The van der Waals surface area contributed by atoms with Gasteiger partial charge in [0.25, 0.3) is 5.91 Å². The molecule has 1 fully saturated rings. The highest BCUT2D eigenvalue weighted by Gasteiger charge is 2.51. The topological polar surface area (TPSA) is 136 Å². The van der Waals surface area contributed by atoms with Crippen molar-refractivity contribution in [1.82, 2.24) is 25.3 Å². The molecule has 3 aromatic rings. The molecule has 0 unspecified atom stereocenters. The van der Waals surface area contributed by atoms with Crippen molar-refractivity contribution in [3.05, 3.63) is 95.3 Å². The lowest BCUT2D eigenvalue weighted by Crippen LogP contribution is -2.49. The Morgan fingerprint density at radius 2 is 1.76 bits per heavy atom. The normalized spacial score (nSPS) is 17.1. The van der Waals surface area contributed by atoms with E-state index in [1.54, 1.807) is 29.2 Å². The number of fused-ring (bicyclic) bond motifs is 2. The molecule has 2 heterocycles. The number of anilines is 1. The molecular weight excluding hydrogens is 518 g/mol. The van der Waals surface area contributed by atoms with E-state index in [0.717, 1.165) is 54.6 Å². The number of rotatable bonds is 8. The maximum atomic E-state index is 13.5. The molecule has 5 N–H and O–H groups in total. The maximum Gasteiger partial charge on any atom is 0.315 e. The van der Waals surface area contributed by atoms with Gasteiger partial charge in [-0.25, -0.2) is 4.79 Å². The van der Waals surface area contributed by atoms with Crippen molar-refractivity contribution < 1.29 is 14.4 Å². The molecule has 214 valence electrons. The SMILES string of the molecule is C=CC(=O)Nc1ccc(C(=O)N[C@H]([C@H](c2ccccc2)c2n[nH]c3c2CN(C(N)=O)C32CCCCC2)N(C)C)cc1. The molecule has 0 bridgehead atoms. The third-order valence-electron chi connectivity index (χ3n) is 8.35. The smallest absolute Gasteiger partial charge is 0.315 e. The van der Waals surface area contributed by atoms with E-state index in [9.17, 15) is 14.4 Å². The van der Waals surface area contributed by atoms with Gasteiger partial charge in [-0.05, 0) is 62.8 Å². The number of primary amides is 1. The minimum Gasteiger partial charge on any atom is -0.351 e. The second-order valence-electron chi connectivity index (χ2n) is 11.0. The average Bonchev–Trinajstić information content (AvgIpc) is 3.53. The first-order chi connectivity index (χ1) is 19.7. The van der Waals surface area contributed by atoms with E-state index in [-0.39, 0.29) is 17.7 Å². The zero-order chi connectivity index (χ0) is 29.1. The second kappa shape index (κ2) is 11.6. The van der Waals surface area contributed by atoms with Crippen molar-refractivity contribution in [2.45, 2.75) is 56.3 Å². The molecule has 2 atom stereocenters. The van der Waals surface area contributed by atoms with Crippen LogP contribution in [0.25, 0.3) is 0 Å². The minimum atomic E-state index is -0.470. The molecule has 41 heavy (non-hydrogen) atoms. The minimum absolute atomic E-state index is 0.263. The van der Waals surface area contributed by atoms with E-state index in [1.165, 1.54) is 6.08 Å². The predicted octanol–water partition coefficient (Wildman–Crippen LogP) is 4.04. The summed E-state index contributed by atoms with van der Waals surface area (Å²) in [5, 5.41) is 14.1. The number of urea groups is 1. The number of carbonyl (C=O) groups excluding carboxylic acids is 3. The van der Waals surface area contributed by atoms with Crippen LogP contribution in [0.1, 0.15) is 70.9 Å². The Balaban J connectivity index is 1.51. The number of likely N-dealkylation sites (N-methyl/N-ethyl adjacent to an activating group) is 1. The van der Waals surface area contributed by atoms with Gasteiger partial charge in [-0.15, -0.1) is 0 Å². The summed E-state index contributed by atoms with van der Waals surface area (Å²) < 4.78 is 0. The number of aromatic amines is 1. The van der Waals surface area contributed by atoms with Gasteiger partial charge in [-0.2, -0.15) is 5.10 Å². The lowest BCUT2D eigenvalue weighted by molar-refractivity contribution is -0.111. The van der Waals surface area contributed by atoms with Crippen molar-refractivity contribution in [1.29, 1.82) is 0 Å². The Morgan fingerprint density at radius 1 is 1.07 bits per heavy atom. The van der Waals surface area contributed by atoms with Crippen molar-refractivity contribution in [3.8, 4) is 0 Å². The molecule has 10 heteroatoms. The first kappa shape index (κ1) is 28.1. The molecule has 1 saturated carbocycles. The van der Waals surface area contributed by atoms with E-state index in [0.29, 0.717) is 17.8 Å². The number of hydrogen-bond acceptors (Lipinski definition) is 5.